The number of aromatic carboxylic acids is 1. The van der Waals surface area contributed by atoms with E-state index < -0.39 is 17.3 Å². The highest BCUT2D eigenvalue weighted by atomic mass is 19.1. The SMILES string of the molecule is CN(c1ccccc1)c1cc(F)c(C(=O)O)cc1N. The second kappa shape index (κ2) is 4.97. The number of hydrogen-bond acceptors (Lipinski definition) is 3. The summed E-state index contributed by atoms with van der Waals surface area (Å²) in [6.07, 6.45) is 0. The standard InChI is InChI=1S/C14H13FN2O2/c1-17(9-5-3-2-4-6-9)13-8-11(15)10(14(18)19)7-12(13)16/h2-8H,16H2,1H3,(H,18,19). The molecule has 0 aliphatic rings. The van der Waals surface area contributed by atoms with Crippen molar-refractivity contribution in [2.75, 3.05) is 17.7 Å². The van der Waals surface area contributed by atoms with Gasteiger partial charge in [0.15, 0.2) is 0 Å². The number of rotatable bonds is 3. The summed E-state index contributed by atoms with van der Waals surface area (Å²) in [7, 11) is 1.74. The van der Waals surface area contributed by atoms with E-state index in [1.165, 1.54) is 0 Å². The molecule has 2 aromatic carbocycles. The number of benzene rings is 2. The van der Waals surface area contributed by atoms with Crippen LogP contribution in [0.2, 0.25) is 0 Å². The third-order valence-electron chi connectivity index (χ3n) is 2.85. The highest BCUT2D eigenvalue weighted by Gasteiger charge is 2.16. The Labute approximate surface area is 109 Å². The molecule has 0 heterocycles. The van der Waals surface area contributed by atoms with Crippen molar-refractivity contribution in [2.45, 2.75) is 0 Å². The second-order valence-corrected chi connectivity index (χ2v) is 4.09. The number of nitrogen functional groups attached to an aromatic ring is 1. The van der Waals surface area contributed by atoms with Gasteiger partial charge in [0.2, 0.25) is 0 Å². The van der Waals surface area contributed by atoms with Gasteiger partial charge in [0.05, 0.1) is 16.9 Å². The molecule has 3 N–H and O–H groups in total. The molecule has 2 aromatic rings. The van der Waals surface area contributed by atoms with Crippen LogP contribution in [-0.4, -0.2) is 18.1 Å². The molecule has 5 heteroatoms. The molecule has 0 aromatic heterocycles. The molecule has 0 unspecified atom stereocenters. The van der Waals surface area contributed by atoms with Gasteiger partial charge in [-0.2, -0.15) is 0 Å². The summed E-state index contributed by atoms with van der Waals surface area (Å²) < 4.78 is 13.7. The van der Waals surface area contributed by atoms with Crippen LogP contribution in [0.4, 0.5) is 21.5 Å². The molecular weight excluding hydrogens is 247 g/mol. The quantitative estimate of drug-likeness (QED) is 0.833. The maximum atomic E-state index is 13.7. The van der Waals surface area contributed by atoms with Crippen molar-refractivity contribution in [3.63, 3.8) is 0 Å². The first kappa shape index (κ1) is 12.9. The Hall–Kier alpha value is -2.56. The molecule has 4 nitrogen and oxygen atoms in total. The summed E-state index contributed by atoms with van der Waals surface area (Å²) in [6.45, 7) is 0. The molecule has 0 spiro atoms. The van der Waals surface area contributed by atoms with Crippen LogP contribution in [0, 0.1) is 5.82 Å². The molecule has 19 heavy (non-hydrogen) atoms. The van der Waals surface area contributed by atoms with E-state index in [9.17, 15) is 9.18 Å². The van der Waals surface area contributed by atoms with Crippen molar-refractivity contribution in [3.05, 3.63) is 53.8 Å². The Balaban J connectivity index is 2.47. The number of carboxylic acid groups (broad SMARTS) is 1. The van der Waals surface area contributed by atoms with Gasteiger partial charge in [-0.05, 0) is 18.2 Å². The molecule has 0 saturated carbocycles. The zero-order chi connectivity index (χ0) is 14.0. The van der Waals surface area contributed by atoms with Crippen LogP contribution in [0.1, 0.15) is 10.4 Å². The lowest BCUT2D eigenvalue weighted by atomic mass is 10.1. The van der Waals surface area contributed by atoms with Crippen LogP contribution in [-0.2, 0) is 0 Å². The van der Waals surface area contributed by atoms with E-state index in [4.69, 9.17) is 10.8 Å². The first-order valence-corrected chi connectivity index (χ1v) is 5.62. The van der Waals surface area contributed by atoms with Gasteiger partial charge in [-0.3, -0.25) is 0 Å². The van der Waals surface area contributed by atoms with Gasteiger partial charge in [-0.1, -0.05) is 18.2 Å². The van der Waals surface area contributed by atoms with Gasteiger partial charge in [-0.25, -0.2) is 9.18 Å². The fourth-order valence-corrected chi connectivity index (χ4v) is 1.82. The number of halogens is 1. The number of anilines is 3. The van der Waals surface area contributed by atoms with Gasteiger partial charge < -0.3 is 15.7 Å². The lowest BCUT2D eigenvalue weighted by Gasteiger charge is -2.21. The summed E-state index contributed by atoms with van der Waals surface area (Å²) >= 11 is 0. The molecule has 2 rings (SSSR count). The maximum absolute atomic E-state index is 13.7. The molecule has 0 saturated heterocycles. The van der Waals surface area contributed by atoms with Gasteiger partial charge in [-0.15, -0.1) is 0 Å². The molecule has 98 valence electrons. The summed E-state index contributed by atoms with van der Waals surface area (Å²) in [5.74, 6) is -2.14. The Bertz CT molecular complexity index is 614. The highest BCUT2D eigenvalue weighted by molar-refractivity contribution is 5.91. The molecular formula is C14H13FN2O2. The second-order valence-electron chi connectivity index (χ2n) is 4.09. The first-order chi connectivity index (χ1) is 9.00. The van der Waals surface area contributed by atoms with E-state index in [2.05, 4.69) is 0 Å². The van der Waals surface area contributed by atoms with Gasteiger partial charge in [0, 0.05) is 18.8 Å². The minimum absolute atomic E-state index is 0.213. The Morgan fingerprint density at radius 1 is 1.26 bits per heavy atom. The Morgan fingerprint density at radius 2 is 1.89 bits per heavy atom. The number of para-hydroxylation sites is 1. The molecule has 0 aliphatic heterocycles. The van der Waals surface area contributed by atoms with Crippen LogP contribution in [0.5, 0.6) is 0 Å². The van der Waals surface area contributed by atoms with Gasteiger partial charge >= 0.3 is 5.97 Å². The fraction of sp³-hybridized carbons (Fsp3) is 0.0714. The molecule has 0 atom stereocenters. The normalized spacial score (nSPS) is 10.2. The van der Waals surface area contributed by atoms with Crippen LogP contribution in [0.25, 0.3) is 0 Å². The van der Waals surface area contributed by atoms with Crippen molar-refractivity contribution in [2.24, 2.45) is 0 Å². The lowest BCUT2D eigenvalue weighted by Crippen LogP contribution is -2.13. The van der Waals surface area contributed by atoms with Crippen LogP contribution in [0.15, 0.2) is 42.5 Å². The summed E-state index contributed by atoms with van der Waals surface area (Å²) in [5, 5.41) is 8.83. The zero-order valence-corrected chi connectivity index (χ0v) is 10.3. The monoisotopic (exact) mass is 260 g/mol. The summed E-state index contributed by atoms with van der Waals surface area (Å²) in [4.78, 5) is 12.5. The maximum Gasteiger partial charge on any atom is 0.338 e. The van der Waals surface area contributed by atoms with Crippen molar-refractivity contribution < 1.29 is 14.3 Å². The molecule has 0 aliphatic carbocycles. The van der Waals surface area contributed by atoms with Gasteiger partial charge in [0.1, 0.15) is 5.82 Å². The summed E-state index contributed by atoms with van der Waals surface area (Å²) in [6, 6.07) is 11.5. The Kier molecular flexibility index (Phi) is 3.37. The van der Waals surface area contributed by atoms with Crippen molar-refractivity contribution in [1.82, 2.24) is 0 Å². The van der Waals surface area contributed by atoms with E-state index in [1.807, 2.05) is 30.3 Å². The predicted molar refractivity (Wildman–Crippen MR) is 72.3 cm³/mol. The third-order valence-corrected chi connectivity index (χ3v) is 2.85. The number of nitrogens with zero attached hydrogens (tertiary/aromatic N) is 1. The van der Waals surface area contributed by atoms with Crippen LogP contribution >= 0.6 is 0 Å². The van der Waals surface area contributed by atoms with Crippen molar-refractivity contribution in [1.29, 1.82) is 0 Å². The molecule has 0 bridgehead atoms. The molecule has 0 fully saturated rings. The molecule has 0 amide bonds. The largest absolute Gasteiger partial charge is 0.478 e. The highest BCUT2D eigenvalue weighted by Crippen LogP contribution is 2.31. The zero-order valence-electron chi connectivity index (χ0n) is 10.3. The number of carbonyl (C=O) groups is 1. The summed E-state index contributed by atoms with van der Waals surface area (Å²) in [5.41, 5.74) is 6.83. The number of nitrogens with two attached hydrogens (primary N) is 1. The average Bonchev–Trinajstić information content (AvgIpc) is 2.41. The minimum Gasteiger partial charge on any atom is -0.478 e. The Morgan fingerprint density at radius 3 is 2.47 bits per heavy atom. The number of hydrogen-bond donors (Lipinski definition) is 2. The lowest BCUT2D eigenvalue weighted by molar-refractivity contribution is 0.0692. The predicted octanol–water partition coefficient (Wildman–Crippen LogP) is 2.87. The van der Waals surface area contributed by atoms with Crippen molar-refractivity contribution in [3.8, 4) is 0 Å². The minimum atomic E-state index is -1.34. The smallest absolute Gasteiger partial charge is 0.338 e. The van der Waals surface area contributed by atoms with Crippen molar-refractivity contribution >= 4 is 23.0 Å². The third kappa shape index (κ3) is 2.49. The van der Waals surface area contributed by atoms with Crippen LogP contribution in [0.3, 0.4) is 0 Å². The van der Waals surface area contributed by atoms with E-state index >= 15 is 0 Å². The van der Waals surface area contributed by atoms with E-state index in [1.54, 1.807) is 11.9 Å². The average molecular weight is 260 g/mol. The van der Waals surface area contributed by atoms with Crippen LogP contribution < -0.4 is 10.6 Å². The topological polar surface area (TPSA) is 66.6 Å². The first-order valence-electron chi connectivity index (χ1n) is 5.62. The van der Waals surface area contributed by atoms with E-state index in [0.717, 1.165) is 17.8 Å². The van der Waals surface area contributed by atoms with E-state index in [-0.39, 0.29) is 5.69 Å². The van der Waals surface area contributed by atoms with Gasteiger partial charge in [0.25, 0.3) is 0 Å². The number of carboxylic acids is 1. The molecule has 0 radical (unpaired) electrons. The van der Waals surface area contributed by atoms with E-state index in [0.29, 0.717) is 5.69 Å². The fourth-order valence-electron chi connectivity index (χ4n) is 1.82.